The molecular weight excluding hydrogens is 236 g/mol. The second-order valence-electron chi connectivity index (χ2n) is 5.64. The first kappa shape index (κ1) is 13.5. The van der Waals surface area contributed by atoms with Gasteiger partial charge in [0.1, 0.15) is 0 Å². The normalized spacial score (nSPS) is 19.1. The number of hydrogen-bond donors (Lipinski definition) is 0. The van der Waals surface area contributed by atoms with Gasteiger partial charge in [0.15, 0.2) is 5.78 Å². The molecule has 1 nitrogen and oxygen atoms in total. The summed E-state index contributed by atoms with van der Waals surface area (Å²) in [4.78, 5) is 12.2. The zero-order chi connectivity index (χ0) is 13.3. The Balaban J connectivity index is 2.54. The van der Waals surface area contributed by atoms with Crippen molar-refractivity contribution in [3.8, 4) is 0 Å². The number of carbonyl (C=O) groups excluding carboxylic acids is 1. The molecule has 1 atom stereocenters. The van der Waals surface area contributed by atoms with Crippen LogP contribution in [0.1, 0.15) is 54.2 Å². The van der Waals surface area contributed by atoms with E-state index in [1.54, 1.807) is 0 Å². The Morgan fingerprint density at radius 2 is 1.78 bits per heavy atom. The molecule has 1 aromatic carbocycles. The zero-order valence-corrected chi connectivity index (χ0v) is 13.0. The van der Waals surface area contributed by atoms with E-state index in [1.807, 2.05) is 12.1 Å². The summed E-state index contributed by atoms with van der Waals surface area (Å²) in [6.07, 6.45) is 0.780. The quantitative estimate of drug-likeness (QED) is 0.716. The molecule has 18 heavy (non-hydrogen) atoms. The molecule has 2 heteroatoms. The topological polar surface area (TPSA) is 17.1 Å². The third-order valence-corrected chi connectivity index (χ3v) is 11.4. The number of aryl methyl sites for hydroxylation is 1. The molecule has 0 N–H and O–H groups in total. The number of Topliss-reactive ketones (excluding diaryl/α,β-unsaturated/α-hetero) is 1. The van der Waals surface area contributed by atoms with Crippen molar-refractivity contribution in [1.29, 1.82) is 0 Å². The summed E-state index contributed by atoms with van der Waals surface area (Å²) in [5.41, 5.74) is 4.32. The summed E-state index contributed by atoms with van der Waals surface area (Å²) in [5.74, 6) is 0.380. The minimum absolute atomic E-state index is 0.380. The van der Waals surface area contributed by atoms with Crippen LogP contribution in [0.3, 0.4) is 0 Å². The predicted octanol–water partition coefficient (Wildman–Crippen LogP) is 4.71. The van der Waals surface area contributed by atoms with E-state index in [2.05, 4.69) is 33.8 Å². The molecule has 0 saturated heterocycles. The van der Waals surface area contributed by atoms with Crippen LogP contribution in [0.5, 0.6) is 0 Å². The first-order valence-electron chi connectivity index (χ1n) is 7.22. The van der Waals surface area contributed by atoms with Crippen molar-refractivity contribution in [2.45, 2.75) is 57.8 Å². The van der Waals surface area contributed by atoms with Gasteiger partial charge in [0.25, 0.3) is 0 Å². The monoisotopic (exact) mass is 260 g/mol. The number of rotatable bonds is 4. The van der Waals surface area contributed by atoms with Crippen molar-refractivity contribution in [2.75, 3.05) is 0 Å². The van der Waals surface area contributed by atoms with Gasteiger partial charge in [0.2, 0.25) is 0 Å². The fourth-order valence-corrected chi connectivity index (χ4v) is 8.39. The summed E-state index contributed by atoms with van der Waals surface area (Å²) >= 11 is 0. The molecule has 1 aliphatic carbocycles. The summed E-state index contributed by atoms with van der Waals surface area (Å²) in [5, 5.41) is 0. The molecule has 0 heterocycles. The Bertz CT molecular complexity index is 452. The maximum absolute atomic E-state index is 12.2. The fraction of sp³-hybridized carbons (Fsp3) is 0.562. The summed E-state index contributed by atoms with van der Waals surface area (Å²) in [6.45, 7) is 9.17. The standard InChI is InChI=1S/C16H24OSi/c1-5-18(6-2,7-3)15-11-14(17)13-10-8-9-12(4)16(13)15/h8-10,15H,5-7,11H2,1-4H3. The third-order valence-electron chi connectivity index (χ3n) is 5.21. The molecule has 0 aliphatic heterocycles. The van der Waals surface area contributed by atoms with Gasteiger partial charge in [-0.25, -0.2) is 0 Å². The molecule has 0 spiro atoms. The molecule has 0 saturated carbocycles. The van der Waals surface area contributed by atoms with Gasteiger partial charge in [-0.05, 0) is 23.6 Å². The van der Waals surface area contributed by atoms with Gasteiger partial charge in [0, 0.05) is 12.0 Å². The maximum Gasteiger partial charge on any atom is 0.163 e. The van der Waals surface area contributed by atoms with Gasteiger partial charge < -0.3 is 0 Å². The second kappa shape index (κ2) is 5.00. The Labute approximate surface area is 112 Å². The van der Waals surface area contributed by atoms with E-state index in [1.165, 1.54) is 29.3 Å². The van der Waals surface area contributed by atoms with Gasteiger partial charge in [0.05, 0.1) is 8.07 Å². The van der Waals surface area contributed by atoms with E-state index in [0.29, 0.717) is 11.3 Å². The lowest BCUT2D eigenvalue weighted by atomic mass is 10.0. The average Bonchev–Trinajstić information content (AvgIpc) is 2.72. The van der Waals surface area contributed by atoms with Crippen molar-refractivity contribution >= 4 is 13.9 Å². The first-order chi connectivity index (χ1) is 8.59. The van der Waals surface area contributed by atoms with Crippen molar-refractivity contribution in [1.82, 2.24) is 0 Å². The Morgan fingerprint density at radius 1 is 1.17 bits per heavy atom. The number of ketones is 1. The molecule has 1 aliphatic rings. The van der Waals surface area contributed by atoms with Crippen LogP contribution in [0.15, 0.2) is 18.2 Å². The van der Waals surface area contributed by atoms with Crippen molar-refractivity contribution in [3.05, 3.63) is 34.9 Å². The molecule has 0 amide bonds. The fourth-order valence-electron chi connectivity index (χ4n) is 3.80. The van der Waals surface area contributed by atoms with E-state index in [0.717, 1.165) is 12.0 Å². The highest BCUT2D eigenvalue weighted by Crippen LogP contribution is 2.45. The summed E-state index contributed by atoms with van der Waals surface area (Å²) in [7, 11) is -1.33. The van der Waals surface area contributed by atoms with Gasteiger partial charge >= 0.3 is 0 Å². The third kappa shape index (κ3) is 1.87. The van der Waals surface area contributed by atoms with E-state index in [9.17, 15) is 4.79 Å². The smallest absolute Gasteiger partial charge is 0.163 e. The molecule has 0 bridgehead atoms. The van der Waals surface area contributed by atoms with E-state index in [4.69, 9.17) is 0 Å². The SMILES string of the molecule is CC[Si](CC)(CC)C1CC(=O)c2cccc(C)c21. The Kier molecular flexibility index (Phi) is 3.76. The number of carbonyl (C=O) groups is 1. The van der Waals surface area contributed by atoms with E-state index in [-0.39, 0.29) is 0 Å². The van der Waals surface area contributed by atoms with Crippen LogP contribution in [0, 0.1) is 6.92 Å². The van der Waals surface area contributed by atoms with Crippen LogP contribution < -0.4 is 0 Å². The minimum atomic E-state index is -1.33. The van der Waals surface area contributed by atoms with Gasteiger partial charge in [-0.2, -0.15) is 0 Å². The highest BCUT2D eigenvalue weighted by Gasteiger charge is 2.44. The van der Waals surface area contributed by atoms with Crippen molar-refractivity contribution < 1.29 is 4.79 Å². The summed E-state index contributed by atoms with van der Waals surface area (Å²) < 4.78 is 0. The lowest BCUT2D eigenvalue weighted by molar-refractivity contribution is 0.0993. The van der Waals surface area contributed by atoms with Crippen molar-refractivity contribution in [2.24, 2.45) is 0 Å². The maximum atomic E-state index is 12.2. The molecule has 0 fully saturated rings. The molecule has 98 valence electrons. The predicted molar refractivity (Wildman–Crippen MR) is 80.1 cm³/mol. The average molecular weight is 260 g/mol. The van der Waals surface area contributed by atoms with Crippen LogP contribution in [0.2, 0.25) is 18.1 Å². The molecule has 0 aromatic heterocycles. The first-order valence-corrected chi connectivity index (χ1v) is 9.92. The highest BCUT2D eigenvalue weighted by atomic mass is 28.3. The van der Waals surface area contributed by atoms with E-state index >= 15 is 0 Å². The zero-order valence-electron chi connectivity index (χ0n) is 12.0. The number of benzene rings is 1. The molecule has 1 unspecified atom stereocenters. The summed E-state index contributed by atoms with van der Waals surface area (Å²) in [6, 6.07) is 10.1. The lowest BCUT2D eigenvalue weighted by Crippen LogP contribution is -2.39. The highest BCUT2D eigenvalue weighted by molar-refractivity contribution is 6.81. The number of fused-ring (bicyclic) bond motifs is 1. The molecule has 2 rings (SSSR count). The van der Waals surface area contributed by atoms with Crippen molar-refractivity contribution in [3.63, 3.8) is 0 Å². The van der Waals surface area contributed by atoms with Crippen LogP contribution in [-0.2, 0) is 0 Å². The number of hydrogen-bond acceptors (Lipinski definition) is 1. The lowest BCUT2D eigenvalue weighted by Gasteiger charge is -2.35. The van der Waals surface area contributed by atoms with Gasteiger partial charge in [-0.3, -0.25) is 4.79 Å². The molecular formula is C16H24OSi. The van der Waals surface area contributed by atoms with Crippen LogP contribution in [-0.4, -0.2) is 13.9 Å². The molecule has 1 aromatic rings. The minimum Gasteiger partial charge on any atom is -0.294 e. The van der Waals surface area contributed by atoms with Crippen LogP contribution in [0.4, 0.5) is 0 Å². The van der Waals surface area contributed by atoms with Gasteiger partial charge in [-0.15, -0.1) is 0 Å². The molecule has 0 radical (unpaired) electrons. The second-order valence-corrected chi connectivity index (χ2v) is 11.2. The largest absolute Gasteiger partial charge is 0.294 e. The van der Waals surface area contributed by atoms with Gasteiger partial charge in [-0.1, -0.05) is 57.1 Å². The Morgan fingerprint density at radius 3 is 2.33 bits per heavy atom. The van der Waals surface area contributed by atoms with E-state index < -0.39 is 8.07 Å². The van der Waals surface area contributed by atoms with Crippen LogP contribution >= 0.6 is 0 Å². The Hall–Kier alpha value is -0.893. The van der Waals surface area contributed by atoms with Crippen LogP contribution in [0.25, 0.3) is 0 Å².